The van der Waals surface area contributed by atoms with Crippen LogP contribution in [0.4, 0.5) is 5.69 Å². The Balaban J connectivity index is 1.94. The van der Waals surface area contributed by atoms with Gasteiger partial charge in [0.2, 0.25) is 15.9 Å². The van der Waals surface area contributed by atoms with Gasteiger partial charge in [-0.25, -0.2) is 8.42 Å². The van der Waals surface area contributed by atoms with Crippen LogP contribution in [0.3, 0.4) is 0 Å². The Morgan fingerprint density at radius 2 is 2.04 bits per heavy atom. The number of nitrogens with one attached hydrogen (secondary N) is 1. The predicted molar refractivity (Wildman–Crippen MR) is 101 cm³/mol. The maximum Gasteiger partial charge on any atom is 0.240 e. The predicted octanol–water partition coefficient (Wildman–Crippen LogP) is 0.972. The van der Waals surface area contributed by atoms with Gasteiger partial charge in [0.1, 0.15) is 6.54 Å². The molecule has 0 spiro atoms. The van der Waals surface area contributed by atoms with Crippen LogP contribution in [0.5, 0.6) is 0 Å². The highest BCUT2D eigenvalue weighted by molar-refractivity contribution is 9.10. The van der Waals surface area contributed by atoms with Gasteiger partial charge in [-0.05, 0) is 30.7 Å². The number of carbonyl (C=O) groups excluding carboxylic acids is 1. The average molecular weight is 434 g/mol. The van der Waals surface area contributed by atoms with E-state index in [1.807, 2.05) is 6.92 Å². The van der Waals surface area contributed by atoms with Crippen molar-refractivity contribution in [1.29, 1.82) is 0 Å². The topological polar surface area (TPSA) is 79.0 Å². The lowest BCUT2D eigenvalue weighted by molar-refractivity contribution is -0.119. The molecule has 0 atom stereocenters. The van der Waals surface area contributed by atoms with Gasteiger partial charge in [-0.15, -0.1) is 0 Å². The van der Waals surface area contributed by atoms with Gasteiger partial charge in [0.05, 0.1) is 25.2 Å². The maximum absolute atomic E-state index is 12.2. The lowest BCUT2D eigenvalue weighted by Crippen LogP contribution is -2.44. The average Bonchev–Trinajstić information content (AvgIpc) is 2.55. The summed E-state index contributed by atoms with van der Waals surface area (Å²) in [5.41, 5.74) is 1.38. The zero-order valence-electron chi connectivity index (χ0n) is 14.5. The van der Waals surface area contributed by atoms with Gasteiger partial charge < -0.3 is 10.1 Å². The Bertz CT molecular complexity index is 705. The Hall–Kier alpha value is -1.16. The fourth-order valence-corrected chi connectivity index (χ4v) is 3.64. The summed E-state index contributed by atoms with van der Waals surface area (Å²) in [6.07, 6.45) is 1.10. The molecule has 1 aromatic carbocycles. The number of ether oxygens (including phenoxy) is 1. The summed E-state index contributed by atoms with van der Waals surface area (Å²) >= 11 is 3.39. The molecule has 9 heteroatoms. The van der Waals surface area contributed by atoms with Crippen LogP contribution in [-0.2, 0) is 19.6 Å². The number of carbonyl (C=O) groups is 1. The monoisotopic (exact) mass is 433 g/mol. The maximum atomic E-state index is 12.2. The van der Waals surface area contributed by atoms with Crippen LogP contribution in [0.25, 0.3) is 0 Å². The van der Waals surface area contributed by atoms with E-state index in [0.717, 1.165) is 40.2 Å². The molecule has 1 heterocycles. The van der Waals surface area contributed by atoms with Gasteiger partial charge in [-0.2, -0.15) is 0 Å². The van der Waals surface area contributed by atoms with Crippen molar-refractivity contribution >= 4 is 37.5 Å². The summed E-state index contributed by atoms with van der Waals surface area (Å²) in [5.74, 6) is -0.320. The van der Waals surface area contributed by atoms with E-state index in [2.05, 4.69) is 26.1 Å². The third-order valence-corrected chi connectivity index (χ3v) is 6.00. The first-order valence-corrected chi connectivity index (χ1v) is 10.7. The summed E-state index contributed by atoms with van der Waals surface area (Å²) in [5, 5.41) is 2.79. The first-order valence-electron chi connectivity index (χ1n) is 8.08. The molecule has 1 fully saturated rings. The second kappa shape index (κ2) is 8.98. The van der Waals surface area contributed by atoms with Crippen molar-refractivity contribution in [1.82, 2.24) is 10.2 Å². The second-order valence-electron chi connectivity index (χ2n) is 6.01. The number of morpholine rings is 1. The molecule has 0 bridgehead atoms. The van der Waals surface area contributed by atoms with Crippen LogP contribution >= 0.6 is 15.9 Å². The second-order valence-corrected chi connectivity index (χ2v) is 8.77. The number of amides is 1. The number of nitrogens with zero attached hydrogens (tertiary/aromatic N) is 2. The molecule has 0 aliphatic carbocycles. The first kappa shape index (κ1) is 20.2. The molecule has 7 nitrogen and oxygen atoms in total. The van der Waals surface area contributed by atoms with E-state index in [0.29, 0.717) is 25.4 Å². The van der Waals surface area contributed by atoms with Crippen LogP contribution in [0.1, 0.15) is 5.56 Å². The molecular formula is C16H24BrN3O4S. The van der Waals surface area contributed by atoms with Gasteiger partial charge in [0.15, 0.2) is 0 Å². The summed E-state index contributed by atoms with van der Waals surface area (Å²) in [6, 6.07) is 5.20. The molecule has 1 amide bonds. The van der Waals surface area contributed by atoms with E-state index >= 15 is 0 Å². The van der Waals surface area contributed by atoms with Crippen LogP contribution in [0.15, 0.2) is 22.7 Å². The molecule has 0 saturated carbocycles. The SMILES string of the molecule is Cc1cc(N(CC(=O)NCCN2CCOCC2)S(C)(=O)=O)ccc1Br. The fourth-order valence-electron chi connectivity index (χ4n) is 2.55. The number of aryl methyl sites for hydroxylation is 1. The van der Waals surface area contributed by atoms with Gasteiger partial charge >= 0.3 is 0 Å². The number of halogens is 1. The molecule has 1 N–H and O–H groups in total. The van der Waals surface area contributed by atoms with Crippen molar-refractivity contribution in [3.63, 3.8) is 0 Å². The number of benzene rings is 1. The van der Waals surface area contributed by atoms with E-state index in [4.69, 9.17) is 4.74 Å². The number of hydrogen-bond donors (Lipinski definition) is 1. The molecule has 1 aromatic rings. The third-order valence-electron chi connectivity index (χ3n) is 3.97. The number of anilines is 1. The summed E-state index contributed by atoms with van der Waals surface area (Å²) in [7, 11) is -3.56. The highest BCUT2D eigenvalue weighted by Crippen LogP contribution is 2.24. The van der Waals surface area contributed by atoms with Crippen molar-refractivity contribution in [2.45, 2.75) is 6.92 Å². The molecule has 0 unspecified atom stereocenters. The Morgan fingerprint density at radius 3 is 2.64 bits per heavy atom. The zero-order chi connectivity index (χ0) is 18.4. The molecule has 25 heavy (non-hydrogen) atoms. The standard InChI is InChI=1S/C16H24BrN3O4S/c1-13-11-14(3-4-15(13)17)20(25(2,22)23)12-16(21)18-5-6-19-7-9-24-10-8-19/h3-4,11H,5-10,12H2,1-2H3,(H,18,21). The van der Waals surface area contributed by atoms with Gasteiger partial charge in [-0.1, -0.05) is 15.9 Å². The Morgan fingerprint density at radius 1 is 1.36 bits per heavy atom. The quantitative estimate of drug-likeness (QED) is 0.692. The van der Waals surface area contributed by atoms with E-state index in [-0.39, 0.29) is 12.5 Å². The number of rotatable bonds is 7. The van der Waals surface area contributed by atoms with Gasteiger partial charge in [-0.3, -0.25) is 14.0 Å². The minimum Gasteiger partial charge on any atom is -0.379 e. The largest absolute Gasteiger partial charge is 0.379 e. The molecule has 1 aliphatic rings. The Labute approximate surface area is 157 Å². The third kappa shape index (κ3) is 6.25. The summed E-state index contributed by atoms with van der Waals surface area (Å²) in [6.45, 7) is 5.96. The van der Waals surface area contributed by atoms with E-state index < -0.39 is 10.0 Å². The van der Waals surface area contributed by atoms with Crippen molar-refractivity contribution in [2.75, 3.05) is 56.5 Å². The van der Waals surface area contributed by atoms with E-state index in [1.165, 1.54) is 0 Å². The highest BCUT2D eigenvalue weighted by Gasteiger charge is 2.21. The number of sulfonamides is 1. The highest BCUT2D eigenvalue weighted by atomic mass is 79.9. The summed E-state index contributed by atoms with van der Waals surface area (Å²) in [4.78, 5) is 14.4. The zero-order valence-corrected chi connectivity index (χ0v) is 16.9. The number of hydrogen-bond acceptors (Lipinski definition) is 5. The Kier molecular flexibility index (Phi) is 7.24. The summed E-state index contributed by atoms with van der Waals surface area (Å²) < 4.78 is 31.5. The van der Waals surface area contributed by atoms with Crippen molar-refractivity contribution in [3.8, 4) is 0 Å². The lowest BCUT2D eigenvalue weighted by atomic mass is 10.2. The molecule has 140 valence electrons. The molecule has 0 radical (unpaired) electrons. The smallest absolute Gasteiger partial charge is 0.240 e. The molecule has 1 aliphatic heterocycles. The van der Waals surface area contributed by atoms with E-state index in [1.54, 1.807) is 18.2 Å². The minimum atomic E-state index is -3.56. The normalized spacial score (nSPS) is 15.8. The minimum absolute atomic E-state index is 0.233. The van der Waals surface area contributed by atoms with Crippen LogP contribution in [0.2, 0.25) is 0 Å². The molecule has 1 saturated heterocycles. The lowest BCUT2D eigenvalue weighted by Gasteiger charge is -2.27. The van der Waals surface area contributed by atoms with Gasteiger partial charge in [0, 0.05) is 30.7 Å². The van der Waals surface area contributed by atoms with Crippen molar-refractivity contribution < 1.29 is 17.9 Å². The van der Waals surface area contributed by atoms with Crippen molar-refractivity contribution in [3.05, 3.63) is 28.2 Å². The van der Waals surface area contributed by atoms with Gasteiger partial charge in [0.25, 0.3) is 0 Å². The molecule has 0 aromatic heterocycles. The van der Waals surface area contributed by atoms with Crippen LogP contribution in [-0.4, -0.2) is 71.4 Å². The van der Waals surface area contributed by atoms with Crippen LogP contribution < -0.4 is 9.62 Å². The fraction of sp³-hybridized carbons (Fsp3) is 0.562. The molecule has 2 rings (SSSR count). The van der Waals surface area contributed by atoms with Crippen LogP contribution in [0, 0.1) is 6.92 Å². The van der Waals surface area contributed by atoms with Crippen molar-refractivity contribution in [2.24, 2.45) is 0 Å². The van der Waals surface area contributed by atoms with E-state index in [9.17, 15) is 13.2 Å². The molecular weight excluding hydrogens is 410 g/mol. The first-order chi connectivity index (χ1) is 11.8.